The van der Waals surface area contributed by atoms with Crippen molar-refractivity contribution in [1.82, 2.24) is 0 Å². The van der Waals surface area contributed by atoms with Gasteiger partial charge in [0.2, 0.25) is 0 Å². The first-order valence-corrected chi connectivity index (χ1v) is 8.25. The number of non-ortho nitro benzene ring substituents is 1. The molecule has 0 spiro atoms. The fourth-order valence-electron chi connectivity index (χ4n) is 2.16. The SMILES string of the molecule is COc1ccc(CC(=O)OC(C)C(=O)Nc2ccc([N+](=O)[O-])cc2Cl)cc1. The van der Waals surface area contributed by atoms with Gasteiger partial charge in [-0.15, -0.1) is 0 Å². The Morgan fingerprint density at radius 3 is 2.44 bits per heavy atom. The van der Waals surface area contributed by atoms with E-state index in [-0.39, 0.29) is 22.8 Å². The lowest BCUT2D eigenvalue weighted by molar-refractivity contribution is -0.384. The highest BCUT2D eigenvalue weighted by Gasteiger charge is 2.20. The van der Waals surface area contributed by atoms with Crippen LogP contribution in [0.2, 0.25) is 5.02 Å². The number of methoxy groups -OCH3 is 1. The van der Waals surface area contributed by atoms with Crippen molar-refractivity contribution in [2.75, 3.05) is 12.4 Å². The highest BCUT2D eigenvalue weighted by molar-refractivity contribution is 6.34. The summed E-state index contributed by atoms with van der Waals surface area (Å²) in [5.41, 5.74) is 0.703. The van der Waals surface area contributed by atoms with Crippen LogP contribution < -0.4 is 10.1 Å². The number of esters is 1. The van der Waals surface area contributed by atoms with E-state index in [0.717, 1.165) is 6.07 Å². The lowest BCUT2D eigenvalue weighted by Crippen LogP contribution is -2.30. The van der Waals surface area contributed by atoms with Gasteiger partial charge < -0.3 is 14.8 Å². The van der Waals surface area contributed by atoms with Gasteiger partial charge in [-0.3, -0.25) is 19.7 Å². The molecule has 0 aliphatic carbocycles. The standard InChI is InChI=1S/C18H17ClN2O6/c1-11(27-17(22)9-12-3-6-14(26-2)7-4-12)18(23)20-16-8-5-13(21(24)25)10-15(16)19/h3-8,10-11H,9H2,1-2H3,(H,20,23). The number of halogens is 1. The van der Waals surface area contributed by atoms with Gasteiger partial charge in [-0.2, -0.15) is 0 Å². The summed E-state index contributed by atoms with van der Waals surface area (Å²) in [5.74, 6) is -0.508. The van der Waals surface area contributed by atoms with Crippen LogP contribution in [-0.2, 0) is 20.7 Å². The number of hydrogen-bond donors (Lipinski definition) is 1. The van der Waals surface area contributed by atoms with Gasteiger partial charge in [-0.05, 0) is 30.7 Å². The lowest BCUT2D eigenvalue weighted by atomic mass is 10.1. The molecular weight excluding hydrogens is 376 g/mol. The van der Waals surface area contributed by atoms with Crippen molar-refractivity contribution >= 4 is 34.9 Å². The summed E-state index contributed by atoms with van der Waals surface area (Å²) >= 11 is 5.92. The Morgan fingerprint density at radius 1 is 1.22 bits per heavy atom. The van der Waals surface area contributed by atoms with Gasteiger partial charge in [0.1, 0.15) is 5.75 Å². The molecule has 1 atom stereocenters. The van der Waals surface area contributed by atoms with Crippen molar-refractivity contribution in [1.29, 1.82) is 0 Å². The molecule has 0 bridgehead atoms. The zero-order chi connectivity index (χ0) is 20.0. The van der Waals surface area contributed by atoms with Crippen LogP contribution in [0.4, 0.5) is 11.4 Å². The smallest absolute Gasteiger partial charge is 0.311 e. The zero-order valence-corrected chi connectivity index (χ0v) is 15.4. The van der Waals surface area contributed by atoms with Gasteiger partial charge in [-0.1, -0.05) is 23.7 Å². The largest absolute Gasteiger partial charge is 0.497 e. The summed E-state index contributed by atoms with van der Waals surface area (Å²) in [6, 6.07) is 10.5. The second-order valence-electron chi connectivity index (χ2n) is 5.57. The van der Waals surface area contributed by atoms with Crippen LogP contribution in [0.3, 0.4) is 0 Å². The molecule has 1 unspecified atom stereocenters. The van der Waals surface area contributed by atoms with E-state index in [1.165, 1.54) is 19.1 Å². The third-order valence-electron chi connectivity index (χ3n) is 3.61. The summed E-state index contributed by atoms with van der Waals surface area (Å²) in [7, 11) is 1.54. The topological polar surface area (TPSA) is 108 Å². The second kappa shape index (κ2) is 9.00. The van der Waals surface area contributed by atoms with E-state index in [2.05, 4.69) is 5.32 Å². The van der Waals surface area contributed by atoms with E-state index in [9.17, 15) is 19.7 Å². The number of nitro groups is 1. The van der Waals surface area contributed by atoms with E-state index in [1.54, 1.807) is 31.4 Å². The Hall–Kier alpha value is -3.13. The fourth-order valence-corrected chi connectivity index (χ4v) is 2.38. The maximum Gasteiger partial charge on any atom is 0.311 e. The molecule has 0 radical (unpaired) electrons. The molecule has 8 nitrogen and oxygen atoms in total. The fraction of sp³-hybridized carbons (Fsp3) is 0.222. The van der Waals surface area contributed by atoms with E-state index < -0.39 is 22.9 Å². The van der Waals surface area contributed by atoms with Gasteiger partial charge in [0.15, 0.2) is 6.10 Å². The minimum absolute atomic E-state index is 0.0000971. The molecule has 0 aliphatic rings. The monoisotopic (exact) mass is 392 g/mol. The van der Waals surface area contributed by atoms with Crippen LogP contribution in [0.15, 0.2) is 42.5 Å². The van der Waals surface area contributed by atoms with Crippen LogP contribution in [0.5, 0.6) is 5.75 Å². The summed E-state index contributed by atoms with van der Waals surface area (Å²) in [4.78, 5) is 34.2. The molecule has 1 amide bonds. The van der Waals surface area contributed by atoms with E-state index in [0.29, 0.717) is 11.3 Å². The van der Waals surface area contributed by atoms with Crippen LogP contribution in [0.1, 0.15) is 12.5 Å². The average molecular weight is 393 g/mol. The number of benzene rings is 2. The quantitative estimate of drug-likeness (QED) is 0.439. The number of hydrogen-bond acceptors (Lipinski definition) is 6. The number of nitro benzene ring substituents is 1. The number of rotatable bonds is 7. The minimum Gasteiger partial charge on any atom is -0.497 e. The predicted molar refractivity (Wildman–Crippen MR) is 99.0 cm³/mol. The Balaban J connectivity index is 1.92. The predicted octanol–water partition coefficient (Wildman–Crippen LogP) is 3.37. The highest BCUT2D eigenvalue weighted by atomic mass is 35.5. The molecule has 142 valence electrons. The van der Waals surface area contributed by atoms with Crippen molar-refractivity contribution in [3.63, 3.8) is 0 Å². The van der Waals surface area contributed by atoms with Gasteiger partial charge in [-0.25, -0.2) is 0 Å². The highest BCUT2D eigenvalue weighted by Crippen LogP contribution is 2.26. The van der Waals surface area contributed by atoms with Gasteiger partial charge in [0, 0.05) is 12.1 Å². The Morgan fingerprint density at radius 2 is 1.89 bits per heavy atom. The normalized spacial score (nSPS) is 11.4. The number of nitrogens with one attached hydrogen (secondary N) is 1. The lowest BCUT2D eigenvalue weighted by Gasteiger charge is -2.14. The molecule has 0 fully saturated rings. The number of anilines is 1. The number of ether oxygens (including phenoxy) is 2. The summed E-state index contributed by atoms with van der Waals surface area (Å²) < 4.78 is 10.2. The number of amides is 1. The molecule has 27 heavy (non-hydrogen) atoms. The molecular formula is C18H17ClN2O6. The molecule has 1 N–H and O–H groups in total. The minimum atomic E-state index is -1.07. The number of carbonyl (C=O) groups is 2. The summed E-state index contributed by atoms with van der Waals surface area (Å²) in [6.07, 6.45) is -1.07. The third-order valence-corrected chi connectivity index (χ3v) is 3.92. The van der Waals surface area contributed by atoms with Crippen molar-refractivity contribution in [2.24, 2.45) is 0 Å². The molecule has 0 aromatic heterocycles. The number of carbonyl (C=O) groups excluding carboxylic acids is 2. The zero-order valence-electron chi connectivity index (χ0n) is 14.6. The first-order valence-electron chi connectivity index (χ1n) is 7.87. The summed E-state index contributed by atoms with van der Waals surface area (Å²) in [5, 5.41) is 13.2. The van der Waals surface area contributed by atoms with E-state index in [4.69, 9.17) is 21.1 Å². The van der Waals surface area contributed by atoms with Crippen molar-refractivity contribution < 1.29 is 24.0 Å². The third kappa shape index (κ3) is 5.68. The first-order chi connectivity index (χ1) is 12.8. The summed E-state index contributed by atoms with van der Waals surface area (Å²) in [6.45, 7) is 1.42. The number of nitrogens with zero attached hydrogens (tertiary/aromatic N) is 1. The molecule has 0 saturated heterocycles. The van der Waals surface area contributed by atoms with Gasteiger partial charge >= 0.3 is 5.97 Å². The molecule has 0 aliphatic heterocycles. The Bertz CT molecular complexity index is 853. The van der Waals surface area contributed by atoms with Crippen molar-refractivity contribution in [3.05, 3.63) is 63.2 Å². The second-order valence-corrected chi connectivity index (χ2v) is 5.97. The van der Waals surface area contributed by atoms with Crippen LogP contribution >= 0.6 is 11.6 Å². The Kier molecular flexibility index (Phi) is 6.73. The molecule has 2 rings (SSSR count). The molecule has 9 heteroatoms. The maximum atomic E-state index is 12.2. The van der Waals surface area contributed by atoms with Crippen molar-refractivity contribution in [2.45, 2.75) is 19.4 Å². The van der Waals surface area contributed by atoms with Crippen molar-refractivity contribution in [3.8, 4) is 5.75 Å². The molecule has 2 aromatic rings. The molecule has 0 heterocycles. The first kappa shape index (κ1) is 20.2. The van der Waals surface area contributed by atoms with E-state index >= 15 is 0 Å². The van der Waals surface area contributed by atoms with Gasteiger partial charge in [0.25, 0.3) is 11.6 Å². The molecule has 0 saturated carbocycles. The van der Waals surface area contributed by atoms with Crippen LogP contribution in [0, 0.1) is 10.1 Å². The van der Waals surface area contributed by atoms with Crippen LogP contribution in [0.25, 0.3) is 0 Å². The molecule has 2 aromatic carbocycles. The van der Waals surface area contributed by atoms with Gasteiger partial charge in [0.05, 0.1) is 29.2 Å². The van der Waals surface area contributed by atoms with Crippen LogP contribution in [-0.4, -0.2) is 30.0 Å². The maximum absolute atomic E-state index is 12.2. The average Bonchev–Trinajstić information content (AvgIpc) is 2.63. The Labute approximate surface area is 160 Å². The van der Waals surface area contributed by atoms with E-state index in [1.807, 2.05) is 0 Å².